The average molecular weight is 810 g/mol. The maximum atomic E-state index is 12.9. The summed E-state index contributed by atoms with van der Waals surface area (Å²) in [4.78, 5) is -1.81. The number of benzene rings is 4. The van der Waals surface area contributed by atoms with Crippen molar-refractivity contribution in [3.05, 3.63) is 60.7 Å². The molecule has 0 aliphatic rings. The third-order valence-electron chi connectivity index (χ3n) is 6.42. The first-order valence-corrected chi connectivity index (χ1v) is 18.8. The Morgan fingerprint density at radius 2 is 1.36 bits per heavy atom. The second kappa shape index (κ2) is 17.4. The molecule has 0 fully saturated rings. The van der Waals surface area contributed by atoms with E-state index in [-0.39, 0.29) is 120 Å². The van der Waals surface area contributed by atoms with Crippen LogP contribution in [0, 0.1) is 0 Å². The number of ether oxygens (including phenoxy) is 2. The van der Waals surface area contributed by atoms with Crippen LogP contribution in [0.1, 0.15) is 0 Å². The maximum absolute atomic E-state index is 12.9. The van der Waals surface area contributed by atoms with Crippen molar-refractivity contribution in [3.63, 3.8) is 0 Å². The number of fused-ring (bicyclic) bond motifs is 1. The zero-order chi connectivity index (χ0) is 35.7. The summed E-state index contributed by atoms with van der Waals surface area (Å²) < 4.78 is 138. The summed E-state index contributed by atoms with van der Waals surface area (Å²) in [6, 6.07) is 12.4. The molecule has 0 heterocycles. The van der Waals surface area contributed by atoms with Gasteiger partial charge in [0, 0.05) is 23.2 Å². The van der Waals surface area contributed by atoms with Gasteiger partial charge in [-0.25, -0.2) is 12.6 Å². The van der Waals surface area contributed by atoms with Gasteiger partial charge < -0.3 is 19.9 Å². The second-order valence-electron chi connectivity index (χ2n) is 9.52. The minimum atomic E-state index is -5.04. The Bertz CT molecular complexity index is 2390. The zero-order valence-corrected chi connectivity index (χ0v) is 34.9. The number of para-hydroxylation sites is 1. The van der Waals surface area contributed by atoms with Crippen molar-refractivity contribution in [3.8, 4) is 17.2 Å². The van der Waals surface area contributed by atoms with Gasteiger partial charge in [0.05, 0.1) is 32.3 Å². The summed E-state index contributed by atoms with van der Waals surface area (Å²) in [5.74, 6) is -2.30. The minimum Gasteiger partial charge on any atom is -0.505 e. The summed E-state index contributed by atoms with van der Waals surface area (Å²) in [5, 5.41) is 21.7. The molecule has 24 heteroatoms. The van der Waals surface area contributed by atoms with Crippen molar-refractivity contribution in [2.45, 2.75) is 14.7 Å². The molecule has 0 spiro atoms. The molecule has 0 bridgehead atoms. The molecule has 4 rings (SSSR count). The number of phenols is 1. The predicted molar refractivity (Wildman–Crippen MR) is 168 cm³/mol. The number of hydrogen-bond donors (Lipinski definition) is 5. The Hall–Kier alpha value is -1.78. The van der Waals surface area contributed by atoms with Gasteiger partial charge in [-0.3, -0.25) is 13.7 Å². The number of nitrogens with zero attached hydrogens (tertiary/aromatic N) is 2. The van der Waals surface area contributed by atoms with E-state index >= 15 is 0 Å². The topological polar surface area (TPSA) is 282 Å². The SMILES string of the molecule is COc1cc(S(=O)(=O)CCOS(=O)(=O)O)c(OC)cc1N=Nc1c(S(=O)(=O)O)cc2ccc(Nc3ccccc3S(=O)(=O)O)cc2c1O.[K+].[Na+]. The van der Waals surface area contributed by atoms with Crippen LogP contribution in [-0.2, 0) is 44.7 Å². The van der Waals surface area contributed by atoms with Crippen molar-refractivity contribution in [1.29, 1.82) is 0 Å². The van der Waals surface area contributed by atoms with Gasteiger partial charge in [0.15, 0.2) is 15.6 Å². The second-order valence-corrected chi connectivity index (χ2v) is 15.5. The molecule has 4 aromatic rings. The number of azo groups is 1. The van der Waals surface area contributed by atoms with Crippen LogP contribution in [-0.4, -0.2) is 79.0 Å². The number of nitrogens with one attached hydrogen (secondary N) is 1. The van der Waals surface area contributed by atoms with Gasteiger partial charge in [-0.15, -0.1) is 10.2 Å². The minimum absolute atomic E-state index is 0. The molecule has 258 valence electrons. The normalized spacial score (nSPS) is 12.3. The molecule has 0 radical (unpaired) electrons. The number of sulfone groups is 1. The number of aromatic hydroxyl groups is 1. The maximum Gasteiger partial charge on any atom is 1.00 e. The summed E-state index contributed by atoms with van der Waals surface area (Å²) in [6.07, 6.45) is 0. The molecule has 0 aromatic heterocycles. The monoisotopic (exact) mass is 809 g/mol. The number of anilines is 2. The molecule has 0 unspecified atom stereocenters. The molecule has 50 heavy (non-hydrogen) atoms. The van der Waals surface area contributed by atoms with Crippen LogP contribution in [0.4, 0.5) is 22.7 Å². The van der Waals surface area contributed by atoms with Gasteiger partial charge in [0.1, 0.15) is 37.6 Å². The van der Waals surface area contributed by atoms with E-state index < -0.39 is 79.0 Å². The largest absolute Gasteiger partial charge is 1.00 e. The van der Waals surface area contributed by atoms with E-state index in [0.717, 1.165) is 38.5 Å². The molecule has 4 aromatic carbocycles. The van der Waals surface area contributed by atoms with E-state index in [9.17, 15) is 47.9 Å². The molecule has 18 nitrogen and oxygen atoms in total. The fourth-order valence-electron chi connectivity index (χ4n) is 4.30. The molecule has 0 saturated heterocycles. The first kappa shape index (κ1) is 44.4. The number of methoxy groups -OCH3 is 2. The zero-order valence-electron chi connectivity index (χ0n) is 26.5. The van der Waals surface area contributed by atoms with E-state index in [0.29, 0.717) is 0 Å². The first-order chi connectivity index (χ1) is 22.2. The summed E-state index contributed by atoms with van der Waals surface area (Å²) in [6.45, 7) is -0.933. The van der Waals surface area contributed by atoms with E-state index in [1.165, 1.54) is 36.4 Å². The van der Waals surface area contributed by atoms with Gasteiger partial charge in [-0.2, -0.15) is 25.3 Å². The van der Waals surface area contributed by atoms with Crippen LogP contribution < -0.4 is 95.7 Å². The molecular weight excluding hydrogens is 785 g/mol. The molecule has 0 amide bonds. The van der Waals surface area contributed by atoms with Crippen molar-refractivity contribution in [1.82, 2.24) is 0 Å². The van der Waals surface area contributed by atoms with E-state index in [1.54, 1.807) is 0 Å². The number of phenolic OH excluding ortho intramolecular Hbond substituents is 1. The summed E-state index contributed by atoms with van der Waals surface area (Å²) in [5.41, 5.74) is -0.839. The van der Waals surface area contributed by atoms with Crippen LogP contribution in [0.2, 0.25) is 0 Å². The third kappa shape index (κ3) is 10.9. The Kier molecular flexibility index (Phi) is 15.4. The fourth-order valence-corrected chi connectivity index (χ4v) is 7.26. The molecule has 5 N–H and O–H groups in total. The van der Waals surface area contributed by atoms with Crippen molar-refractivity contribution in [2.75, 3.05) is 31.9 Å². The smallest absolute Gasteiger partial charge is 0.505 e. The van der Waals surface area contributed by atoms with Crippen LogP contribution in [0.15, 0.2) is 85.6 Å². The number of hydrogen-bond acceptors (Lipinski definition) is 15. The Morgan fingerprint density at radius 3 is 1.94 bits per heavy atom. The predicted octanol–water partition coefficient (Wildman–Crippen LogP) is -2.18. The summed E-state index contributed by atoms with van der Waals surface area (Å²) in [7, 11) is -16.7. The average Bonchev–Trinajstić information content (AvgIpc) is 2.98. The van der Waals surface area contributed by atoms with Gasteiger partial charge >= 0.3 is 91.3 Å². The Labute approximate surface area is 351 Å². The van der Waals surface area contributed by atoms with Crippen LogP contribution >= 0.6 is 0 Å². The quantitative estimate of drug-likeness (QED) is 0.0545. The van der Waals surface area contributed by atoms with E-state index in [1.807, 2.05) is 0 Å². The number of rotatable bonds is 13. The van der Waals surface area contributed by atoms with E-state index in [4.69, 9.17) is 14.0 Å². The summed E-state index contributed by atoms with van der Waals surface area (Å²) >= 11 is 0. The Balaban J connectivity index is 0.00000433. The molecular formula is C26H25KN3NaO15S4+2. The third-order valence-corrected chi connectivity index (χ3v) is 10.4. The first-order valence-electron chi connectivity index (χ1n) is 12.9. The van der Waals surface area contributed by atoms with Gasteiger partial charge in [-0.1, -0.05) is 18.2 Å². The molecule has 0 aliphatic heterocycles. The standard InChI is InChI=1S/C26H25N3O15S4.K.Na/c1-42-20-14-23(45(31,32)10-9-44-48(39,40)41)21(43-2)13-19(20)28-29-25-24(47(36,37)38)11-15-7-8-16(12-17(15)26(25)30)27-18-5-3-4-6-22(18)46(33,34)35;;/h3-8,11-14,27,30H,9-10H2,1-2H3,(H,33,34,35)(H,36,37,38)(H,39,40,41);;/q;2*+1. The van der Waals surface area contributed by atoms with Crippen molar-refractivity contribution >= 4 is 74.0 Å². The van der Waals surface area contributed by atoms with Crippen LogP contribution in [0.25, 0.3) is 10.8 Å². The molecule has 0 aliphatic carbocycles. The van der Waals surface area contributed by atoms with Gasteiger partial charge in [0.25, 0.3) is 20.2 Å². The molecule has 0 saturated carbocycles. The van der Waals surface area contributed by atoms with Crippen LogP contribution in [0.3, 0.4) is 0 Å². The van der Waals surface area contributed by atoms with Gasteiger partial charge in [-0.05, 0) is 35.7 Å². The van der Waals surface area contributed by atoms with E-state index in [2.05, 4.69) is 19.7 Å². The van der Waals surface area contributed by atoms with Crippen molar-refractivity contribution < 1.29 is 147 Å². The van der Waals surface area contributed by atoms with Crippen molar-refractivity contribution in [2.24, 2.45) is 10.2 Å². The molecule has 0 atom stereocenters. The van der Waals surface area contributed by atoms with Crippen LogP contribution in [0.5, 0.6) is 17.2 Å². The van der Waals surface area contributed by atoms with Gasteiger partial charge in [0.2, 0.25) is 0 Å². The Morgan fingerprint density at radius 1 is 0.740 bits per heavy atom. The fraction of sp³-hybridized carbons (Fsp3) is 0.154.